The minimum absolute atomic E-state index is 0.0763. The number of rotatable bonds is 12. The second-order valence-electron chi connectivity index (χ2n) is 22.5. The van der Waals surface area contributed by atoms with Crippen molar-refractivity contribution in [3.8, 4) is 66.8 Å². The van der Waals surface area contributed by atoms with Crippen LogP contribution in [0.1, 0.15) is 86.8 Å². The third-order valence-electron chi connectivity index (χ3n) is 17.3. The molecule has 392 valence electrons. The lowest BCUT2D eigenvalue weighted by Crippen LogP contribution is -2.14. The third-order valence-corrected chi connectivity index (χ3v) is 17.3. The maximum atomic E-state index is 2.44. The number of fused-ring (bicyclic) bond motifs is 6. The lowest BCUT2D eigenvalue weighted by Gasteiger charge is -2.32. The predicted molar refractivity (Wildman–Crippen MR) is 347 cm³/mol. The highest BCUT2D eigenvalue weighted by atomic mass is 15.2. The number of anilines is 6. The van der Waals surface area contributed by atoms with Gasteiger partial charge in [0.2, 0.25) is 0 Å². The molecule has 2 unspecified atom stereocenters. The van der Waals surface area contributed by atoms with Gasteiger partial charge < -0.3 is 9.80 Å². The molecule has 0 bridgehead atoms. The fraction of sp³-hybridized carbons (Fsp3) is 0.114. The molecule has 0 spiro atoms. The van der Waals surface area contributed by atoms with Crippen molar-refractivity contribution in [2.45, 2.75) is 58.8 Å². The maximum absolute atomic E-state index is 2.44. The average molecular weight is 1040 g/mol. The first-order chi connectivity index (χ1) is 39.6. The third kappa shape index (κ3) is 9.51. The summed E-state index contributed by atoms with van der Waals surface area (Å²) in [4.78, 5) is 4.80. The van der Waals surface area contributed by atoms with Gasteiger partial charge in [-0.15, -0.1) is 0 Å². The Morgan fingerprint density at radius 2 is 0.679 bits per heavy atom. The molecule has 2 aliphatic carbocycles. The molecule has 13 rings (SSSR count). The summed E-state index contributed by atoms with van der Waals surface area (Å²) < 4.78 is 0. The van der Waals surface area contributed by atoms with Gasteiger partial charge in [-0.3, -0.25) is 0 Å². The number of hydrogen-bond donors (Lipinski definition) is 0. The first-order valence-electron chi connectivity index (χ1n) is 28.7. The zero-order valence-corrected chi connectivity index (χ0v) is 47.1. The molecule has 2 aliphatic rings. The molecule has 2 heteroatoms. The highest BCUT2D eigenvalue weighted by Gasteiger charge is 2.35. The molecule has 0 heterocycles. The van der Waals surface area contributed by atoms with Gasteiger partial charge in [0, 0.05) is 39.5 Å². The van der Waals surface area contributed by atoms with Crippen LogP contribution < -0.4 is 9.80 Å². The van der Waals surface area contributed by atoms with Crippen molar-refractivity contribution in [2.75, 3.05) is 9.80 Å². The molecule has 2 atom stereocenters. The number of hydrogen-bond acceptors (Lipinski definition) is 2. The van der Waals surface area contributed by atoms with Gasteiger partial charge >= 0.3 is 0 Å². The number of nitrogens with zero attached hydrogens (tertiary/aromatic N) is 2. The predicted octanol–water partition coefficient (Wildman–Crippen LogP) is 22.6. The molecule has 11 aromatic rings. The Kier molecular flexibility index (Phi) is 13.4. The Labute approximate surface area is 479 Å². The van der Waals surface area contributed by atoms with Crippen LogP contribution in [-0.4, -0.2) is 0 Å². The minimum Gasteiger partial charge on any atom is -0.310 e. The summed E-state index contributed by atoms with van der Waals surface area (Å²) in [5.74, 6) is 0.860. The van der Waals surface area contributed by atoms with Gasteiger partial charge in [-0.2, -0.15) is 0 Å². The molecule has 0 saturated carbocycles. The number of benzene rings is 11. The van der Waals surface area contributed by atoms with E-state index in [0.717, 1.165) is 34.1 Å². The van der Waals surface area contributed by atoms with Crippen LogP contribution in [0.4, 0.5) is 34.1 Å². The van der Waals surface area contributed by atoms with Gasteiger partial charge in [0.1, 0.15) is 0 Å². The van der Waals surface area contributed by atoms with Gasteiger partial charge in [0.15, 0.2) is 0 Å². The Morgan fingerprint density at radius 1 is 0.296 bits per heavy atom. The zero-order chi connectivity index (χ0) is 55.2. The molecule has 2 nitrogen and oxygen atoms in total. The van der Waals surface area contributed by atoms with Crippen molar-refractivity contribution < 1.29 is 0 Å². The van der Waals surface area contributed by atoms with Gasteiger partial charge in [0.25, 0.3) is 0 Å². The van der Waals surface area contributed by atoms with E-state index < -0.39 is 0 Å². The van der Waals surface area contributed by atoms with E-state index in [1.165, 1.54) is 100 Å². The quantitative estimate of drug-likeness (QED) is 0.120. The summed E-state index contributed by atoms with van der Waals surface area (Å²) >= 11 is 0. The van der Waals surface area contributed by atoms with Crippen molar-refractivity contribution in [3.05, 3.63) is 300 Å². The first-order valence-corrected chi connectivity index (χ1v) is 28.7. The second-order valence-corrected chi connectivity index (χ2v) is 22.5. The van der Waals surface area contributed by atoms with Gasteiger partial charge in [-0.05, 0) is 211 Å². The summed E-state index contributed by atoms with van der Waals surface area (Å²) in [6.07, 6.45) is 8.50. The summed E-state index contributed by atoms with van der Waals surface area (Å²) in [5, 5.41) is 0. The standard InChI is InChI=1S/C79H66N2/c1-7-16-55-18-13-20-61(48-55)57-28-38-65(39-29-57)80(67-42-32-59(33-43-67)63-36-46-73-72-25-10-9-24-71(72)53(3)54(4)76(73)50-63)69-22-15-23-70(52-69)81(66-40-30-58(31-41-66)62-21-14-19-56(49-62)17-8-2)68-44-34-60(35-45-68)64-37-47-75-74-26-11-12-27-77(74)79(5,6)78(75)51-64/h7-54H,1-6H3/b16-7+,17-8+. The molecule has 0 radical (unpaired) electrons. The normalized spacial score (nSPS) is 14.8. The van der Waals surface area contributed by atoms with Crippen LogP contribution in [0.25, 0.3) is 78.9 Å². The smallest absolute Gasteiger partial charge is 0.0482 e. The topological polar surface area (TPSA) is 6.48 Å². The van der Waals surface area contributed by atoms with Crippen LogP contribution in [0.2, 0.25) is 0 Å². The summed E-state index contributed by atoms with van der Waals surface area (Å²) in [6, 6.07) is 94.9. The van der Waals surface area contributed by atoms with E-state index >= 15 is 0 Å². The molecule has 81 heavy (non-hydrogen) atoms. The lowest BCUT2D eigenvalue weighted by atomic mass is 9.72. The van der Waals surface area contributed by atoms with Crippen LogP contribution in [0, 0.1) is 0 Å². The molecular weight excluding hydrogens is 977 g/mol. The van der Waals surface area contributed by atoms with Crippen molar-refractivity contribution in [3.63, 3.8) is 0 Å². The molecule has 0 saturated heterocycles. The largest absolute Gasteiger partial charge is 0.310 e. The average Bonchev–Trinajstić information content (AvgIpc) is 4.06. The highest BCUT2D eigenvalue weighted by molar-refractivity contribution is 5.88. The minimum atomic E-state index is -0.0763. The van der Waals surface area contributed by atoms with Crippen LogP contribution in [-0.2, 0) is 5.41 Å². The van der Waals surface area contributed by atoms with E-state index in [1.54, 1.807) is 0 Å². The van der Waals surface area contributed by atoms with Crippen molar-refractivity contribution in [2.24, 2.45) is 0 Å². The van der Waals surface area contributed by atoms with Crippen molar-refractivity contribution in [1.82, 2.24) is 0 Å². The molecule has 11 aromatic carbocycles. The van der Waals surface area contributed by atoms with Crippen molar-refractivity contribution >= 4 is 46.3 Å². The van der Waals surface area contributed by atoms with Gasteiger partial charge in [-0.1, -0.05) is 222 Å². The Morgan fingerprint density at radius 3 is 1.19 bits per heavy atom. The molecule has 0 aliphatic heterocycles. The van der Waals surface area contributed by atoms with Gasteiger partial charge in [0.05, 0.1) is 0 Å². The van der Waals surface area contributed by atoms with Crippen LogP contribution in [0.15, 0.2) is 267 Å². The van der Waals surface area contributed by atoms with E-state index in [4.69, 9.17) is 0 Å². The van der Waals surface area contributed by atoms with E-state index in [9.17, 15) is 0 Å². The monoisotopic (exact) mass is 1040 g/mol. The Balaban J connectivity index is 0.899. The van der Waals surface area contributed by atoms with E-state index in [1.807, 2.05) is 0 Å². The molecular formula is C79H66N2. The van der Waals surface area contributed by atoms with Crippen LogP contribution in [0.3, 0.4) is 0 Å². The summed E-state index contributed by atoms with van der Waals surface area (Å²) in [6.45, 7) is 13.6. The first kappa shape index (κ1) is 51.0. The zero-order valence-electron chi connectivity index (χ0n) is 47.1. The van der Waals surface area contributed by atoms with Gasteiger partial charge in [-0.25, -0.2) is 0 Å². The Hall–Kier alpha value is -9.50. The molecule has 0 fully saturated rings. The lowest BCUT2D eigenvalue weighted by molar-refractivity contribution is 0.616. The summed E-state index contributed by atoms with van der Waals surface area (Å²) in [5.41, 5.74) is 29.3. The fourth-order valence-corrected chi connectivity index (χ4v) is 12.8. The maximum Gasteiger partial charge on any atom is 0.0482 e. The molecule has 0 aromatic heterocycles. The SMILES string of the molecule is C/C=C/c1cccc(-c2ccc(N(c3ccc(-c4ccc5c(c4)C(C)C(C)c4ccccc4-5)cc3)c3cccc(N(c4ccc(-c5cccc(/C=C/C)c5)cc4)c4ccc(-c5ccc6c(c5)C(C)(C)c5ccccc5-6)cc4)c3)cc2)c1. The molecule has 0 amide bonds. The second kappa shape index (κ2) is 21.3. The number of allylic oxidation sites excluding steroid dienone is 2. The van der Waals surface area contributed by atoms with Crippen LogP contribution in [0.5, 0.6) is 0 Å². The van der Waals surface area contributed by atoms with Crippen LogP contribution >= 0.6 is 0 Å². The van der Waals surface area contributed by atoms with Crippen molar-refractivity contribution in [1.29, 1.82) is 0 Å². The molecule has 0 N–H and O–H groups in total. The van der Waals surface area contributed by atoms with E-state index in [-0.39, 0.29) is 5.41 Å². The Bertz CT molecular complexity index is 4180. The van der Waals surface area contributed by atoms with E-state index in [0.29, 0.717) is 11.8 Å². The fourth-order valence-electron chi connectivity index (χ4n) is 12.8. The highest BCUT2D eigenvalue weighted by Crippen LogP contribution is 2.51. The summed E-state index contributed by atoms with van der Waals surface area (Å²) in [7, 11) is 0. The van der Waals surface area contributed by atoms with E-state index in [2.05, 4.69) is 330 Å².